The van der Waals surface area contributed by atoms with Crippen LogP contribution in [0.5, 0.6) is 0 Å². The molecule has 88 valence electrons. The summed E-state index contributed by atoms with van der Waals surface area (Å²) in [5.74, 6) is 0. The van der Waals surface area contributed by atoms with Crippen LogP contribution < -0.4 is 0 Å². The number of aryl methyl sites for hydroxylation is 1. The summed E-state index contributed by atoms with van der Waals surface area (Å²) < 4.78 is 41.5. The van der Waals surface area contributed by atoms with Crippen molar-refractivity contribution in [3.8, 4) is 0 Å². The van der Waals surface area contributed by atoms with Crippen LogP contribution >= 0.6 is 8.25 Å². The molecule has 1 unspecified atom stereocenters. The lowest BCUT2D eigenvalue weighted by Gasteiger charge is -2.02. The molecule has 1 aromatic carbocycles. The van der Waals surface area contributed by atoms with E-state index in [2.05, 4.69) is 8.71 Å². The highest BCUT2D eigenvalue weighted by Crippen LogP contribution is 2.17. The van der Waals surface area contributed by atoms with Crippen molar-refractivity contribution in [2.24, 2.45) is 0 Å². The first kappa shape index (κ1) is 13.2. The van der Waals surface area contributed by atoms with E-state index in [1.54, 1.807) is 12.1 Å². The summed E-state index contributed by atoms with van der Waals surface area (Å²) in [7, 11) is -6.80. The fourth-order valence-corrected chi connectivity index (χ4v) is 1.90. The first-order valence-corrected chi connectivity index (χ1v) is 6.71. The van der Waals surface area contributed by atoms with Crippen LogP contribution in [0, 0.1) is 6.92 Å². The molecule has 0 fully saturated rings. The zero-order chi connectivity index (χ0) is 12.2. The second-order valence-corrected chi connectivity index (χ2v) is 5.22. The molecule has 1 aromatic rings. The van der Waals surface area contributed by atoms with Gasteiger partial charge < -0.3 is 0 Å². The Morgan fingerprint density at radius 2 is 1.88 bits per heavy atom. The highest BCUT2D eigenvalue weighted by molar-refractivity contribution is 7.86. The monoisotopic (exact) mass is 265 g/mol. The van der Waals surface area contributed by atoms with Crippen molar-refractivity contribution < 1.29 is 26.6 Å². The van der Waals surface area contributed by atoms with E-state index in [4.69, 9.17) is 4.89 Å². The predicted molar refractivity (Wildman–Crippen MR) is 55.2 cm³/mol. The van der Waals surface area contributed by atoms with E-state index in [0.717, 1.165) is 5.56 Å². The van der Waals surface area contributed by atoms with E-state index in [-0.39, 0.29) is 4.90 Å². The molecule has 6 nitrogen and oxygen atoms in total. The van der Waals surface area contributed by atoms with Crippen molar-refractivity contribution in [2.75, 3.05) is 6.79 Å². The molecule has 0 radical (unpaired) electrons. The molecule has 16 heavy (non-hydrogen) atoms. The Balaban J connectivity index is 2.71. The van der Waals surface area contributed by atoms with Gasteiger partial charge in [-0.3, -0.25) is 0 Å². The molecule has 1 N–H and O–H groups in total. The topological polar surface area (TPSA) is 89.9 Å². The van der Waals surface area contributed by atoms with Crippen molar-refractivity contribution in [3.05, 3.63) is 29.8 Å². The van der Waals surface area contributed by atoms with E-state index in [0.29, 0.717) is 0 Å². The molecule has 8 heteroatoms. The maximum atomic E-state index is 11.4. The Kier molecular flexibility index (Phi) is 4.52. The Labute approximate surface area is 93.9 Å². The lowest BCUT2D eigenvalue weighted by Crippen LogP contribution is -2.07. The highest BCUT2D eigenvalue weighted by atomic mass is 32.2. The minimum absolute atomic E-state index is 0.0325. The Hall–Kier alpha value is -0.850. The van der Waals surface area contributed by atoms with Crippen molar-refractivity contribution >= 4 is 18.4 Å². The predicted octanol–water partition coefficient (Wildman–Crippen LogP) is 1.32. The summed E-state index contributed by atoms with van der Waals surface area (Å²) in [4.78, 5) is 8.24. The normalized spacial score (nSPS) is 12.5. The van der Waals surface area contributed by atoms with Gasteiger partial charge in [-0.15, -0.1) is 4.89 Å². The fraction of sp³-hybridized carbons (Fsp3) is 0.250. The largest absolute Gasteiger partial charge is 0.697 e. The van der Waals surface area contributed by atoms with Crippen LogP contribution in [0.4, 0.5) is 0 Å². The van der Waals surface area contributed by atoms with Gasteiger partial charge in [0.1, 0.15) is 0 Å². The summed E-state index contributed by atoms with van der Waals surface area (Å²) in [6.07, 6.45) is 0. The van der Waals surface area contributed by atoms with Crippen molar-refractivity contribution in [2.45, 2.75) is 11.8 Å². The minimum atomic E-state index is -3.94. The van der Waals surface area contributed by atoms with Gasteiger partial charge in [0.05, 0.1) is 4.90 Å². The standard InChI is InChI=1S/C8H9O6PS/c1-7-2-4-8(5-3-7)16(11,12)14-6-13-15(9)10/h2-5H,6H2,1H3/p+1. The van der Waals surface area contributed by atoms with E-state index in [1.807, 2.05) is 6.92 Å². The van der Waals surface area contributed by atoms with E-state index in [9.17, 15) is 13.0 Å². The lowest BCUT2D eigenvalue weighted by molar-refractivity contribution is 0.121. The molecule has 0 aliphatic heterocycles. The van der Waals surface area contributed by atoms with Crippen molar-refractivity contribution in [3.63, 3.8) is 0 Å². The fourth-order valence-electron chi connectivity index (χ4n) is 0.903. The molecule has 0 bridgehead atoms. The molecular weight excluding hydrogens is 255 g/mol. The average molecular weight is 265 g/mol. The van der Waals surface area contributed by atoms with Crippen LogP contribution in [0.1, 0.15) is 5.56 Å². The summed E-state index contributed by atoms with van der Waals surface area (Å²) in [5.41, 5.74) is 0.911. The SMILES string of the molecule is Cc1ccc(S(=O)(=O)OCO[P+](=O)O)cc1. The molecule has 0 amide bonds. The third-order valence-electron chi connectivity index (χ3n) is 1.68. The van der Waals surface area contributed by atoms with Crippen LogP contribution in [-0.4, -0.2) is 20.1 Å². The Morgan fingerprint density at radius 3 is 2.38 bits per heavy atom. The van der Waals surface area contributed by atoms with Crippen LogP contribution in [0.25, 0.3) is 0 Å². The van der Waals surface area contributed by atoms with Crippen LogP contribution in [0.2, 0.25) is 0 Å². The maximum Gasteiger partial charge on any atom is 0.697 e. The third-order valence-corrected chi connectivity index (χ3v) is 3.26. The minimum Gasteiger partial charge on any atom is -0.232 e. The average Bonchev–Trinajstić information content (AvgIpc) is 2.17. The summed E-state index contributed by atoms with van der Waals surface area (Å²) in [6.45, 7) is 1.03. The van der Waals surface area contributed by atoms with Gasteiger partial charge in [-0.2, -0.15) is 8.42 Å². The molecule has 0 aromatic heterocycles. The van der Waals surface area contributed by atoms with E-state index in [1.165, 1.54) is 12.1 Å². The molecule has 1 rings (SSSR count). The van der Waals surface area contributed by atoms with Crippen LogP contribution in [0.3, 0.4) is 0 Å². The van der Waals surface area contributed by atoms with Gasteiger partial charge in [-0.25, -0.2) is 4.18 Å². The van der Waals surface area contributed by atoms with E-state index >= 15 is 0 Å². The highest BCUT2D eigenvalue weighted by Gasteiger charge is 2.19. The molecule has 0 aliphatic rings. The quantitative estimate of drug-likeness (QED) is 0.490. The summed E-state index contributed by atoms with van der Waals surface area (Å²) >= 11 is 0. The van der Waals surface area contributed by atoms with Crippen molar-refractivity contribution in [1.29, 1.82) is 0 Å². The molecule has 0 heterocycles. The van der Waals surface area contributed by atoms with Gasteiger partial charge >= 0.3 is 8.25 Å². The first-order valence-electron chi connectivity index (χ1n) is 4.17. The first-order chi connectivity index (χ1) is 7.42. The van der Waals surface area contributed by atoms with Crippen LogP contribution in [-0.2, 0) is 23.4 Å². The number of hydrogen-bond donors (Lipinski definition) is 1. The Morgan fingerprint density at radius 1 is 1.31 bits per heavy atom. The van der Waals surface area contributed by atoms with Gasteiger partial charge in [0.15, 0.2) is 0 Å². The van der Waals surface area contributed by atoms with Crippen LogP contribution in [0.15, 0.2) is 29.2 Å². The molecule has 0 aliphatic carbocycles. The third kappa shape index (κ3) is 3.96. The zero-order valence-electron chi connectivity index (χ0n) is 8.36. The Bertz CT molecular complexity index is 466. The maximum absolute atomic E-state index is 11.4. The second kappa shape index (κ2) is 5.47. The van der Waals surface area contributed by atoms with E-state index < -0.39 is 25.2 Å². The number of rotatable bonds is 5. The van der Waals surface area contributed by atoms with Gasteiger partial charge in [-0.1, -0.05) is 22.2 Å². The second-order valence-electron chi connectivity index (χ2n) is 2.87. The van der Waals surface area contributed by atoms with Gasteiger partial charge in [0, 0.05) is 4.57 Å². The zero-order valence-corrected chi connectivity index (χ0v) is 10.1. The molecule has 0 saturated carbocycles. The van der Waals surface area contributed by atoms with Crippen molar-refractivity contribution in [1.82, 2.24) is 0 Å². The number of hydrogen-bond acceptors (Lipinski definition) is 5. The van der Waals surface area contributed by atoms with Gasteiger partial charge in [-0.05, 0) is 19.1 Å². The smallest absolute Gasteiger partial charge is 0.232 e. The number of benzene rings is 1. The van der Waals surface area contributed by atoms with Gasteiger partial charge in [0.25, 0.3) is 10.1 Å². The molecule has 1 atom stereocenters. The molecular formula is C8H10O6PS+. The van der Waals surface area contributed by atoms with Gasteiger partial charge in [0.2, 0.25) is 6.79 Å². The molecule has 0 spiro atoms. The lowest BCUT2D eigenvalue weighted by atomic mass is 10.2. The summed E-state index contributed by atoms with van der Waals surface area (Å²) in [5, 5.41) is 0. The molecule has 0 saturated heterocycles. The summed E-state index contributed by atoms with van der Waals surface area (Å²) in [6, 6.07) is 5.99.